The lowest BCUT2D eigenvalue weighted by Gasteiger charge is -2.21. The Morgan fingerprint density at radius 1 is 0.968 bits per heavy atom. The van der Waals surface area contributed by atoms with E-state index in [1.165, 1.54) is 19.1 Å². The molecule has 0 fully saturated rings. The third kappa shape index (κ3) is 7.80. The standard InChI is InChI=1S/C23H30N2O5S/c1-16(2)14-21(19-8-6-5-7-9-19)24-22(26)15-30-23(27)18(4)25-31(28,29)20-12-10-17(3)11-13-20/h5-13,16,18,21,25H,14-15H2,1-4H3,(H,24,26)/t18-,21+/m0/s1. The minimum atomic E-state index is -3.88. The van der Waals surface area contributed by atoms with Crippen LogP contribution in [0.5, 0.6) is 0 Å². The van der Waals surface area contributed by atoms with Gasteiger partial charge in [0, 0.05) is 0 Å². The van der Waals surface area contributed by atoms with E-state index in [9.17, 15) is 18.0 Å². The monoisotopic (exact) mass is 446 g/mol. The van der Waals surface area contributed by atoms with E-state index >= 15 is 0 Å². The molecule has 0 radical (unpaired) electrons. The number of carbonyl (C=O) groups excluding carboxylic acids is 2. The Morgan fingerprint density at radius 3 is 2.16 bits per heavy atom. The summed E-state index contributed by atoms with van der Waals surface area (Å²) in [5, 5.41) is 2.88. The lowest BCUT2D eigenvalue weighted by Crippen LogP contribution is -2.41. The number of esters is 1. The molecule has 0 heterocycles. The normalized spacial score (nSPS) is 13.5. The first kappa shape index (κ1) is 24.6. The average molecular weight is 447 g/mol. The van der Waals surface area contributed by atoms with Gasteiger partial charge in [-0.05, 0) is 43.9 Å². The van der Waals surface area contributed by atoms with E-state index < -0.39 is 34.5 Å². The highest BCUT2D eigenvalue weighted by Gasteiger charge is 2.24. The largest absolute Gasteiger partial charge is 0.454 e. The van der Waals surface area contributed by atoms with Gasteiger partial charge in [0.05, 0.1) is 10.9 Å². The number of nitrogens with one attached hydrogen (secondary N) is 2. The Morgan fingerprint density at radius 2 is 1.58 bits per heavy atom. The number of ether oxygens (including phenoxy) is 1. The summed E-state index contributed by atoms with van der Waals surface area (Å²) in [6, 6.07) is 14.5. The molecule has 168 valence electrons. The molecule has 1 amide bonds. The number of aryl methyl sites for hydroxylation is 1. The third-order valence-corrected chi connectivity index (χ3v) is 6.16. The molecular formula is C23H30N2O5S. The number of hydrogen-bond acceptors (Lipinski definition) is 5. The molecule has 0 saturated heterocycles. The molecule has 0 saturated carbocycles. The summed E-state index contributed by atoms with van der Waals surface area (Å²) in [6.07, 6.45) is 0.733. The summed E-state index contributed by atoms with van der Waals surface area (Å²) in [5.41, 5.74) is 1.89. The van der Waals surface area contributed by atoms with Crippen LogP contribution in [0.3, 0.4) is 0 Å². The van der Waals surface area contributed by atoms with Gasteiger partial charge >= 0.3 is 5.97 Å². The quantitative estimate of drug-likeness (QED) is 0.546. The summed E-state index contributed by atoms with van der Waals surface area (Å²) < 4.78 is 32.1. The van der Waals surface area contributed by atoms with Gasteiger partial charge in [0.2, 0.25) is 10.0 Å². The highest BCUT2D eigenvalue weighted by atomic mass is 32.2. The second-order valence-corrected chi connectivity index (χ2v) is 9.64. The summed E-state index contributed by atoms with van der Waals surface area (Å²) >= 11 is 0. The molecule has 2 N–H and O–H groups in total. The zero-order valence-corrected chi connectivity index (χ0v) is 19.1. The van der Waals surface area contributed by atoms with Gasteiger partial charge < -0.3 is 10.1 Å². The Labute approximate surface area is 184 Å². The van der Waals surface area contributed by atoms with Gasteiger partial charge in [-0.1, -0.05) is 61.9 Å². The van der Waals surface area contributed by atoms with E-state index in [4.69, 9.17) is 4.74 Å². The average Bonchev–Trinajstić information content (AvgIpc) is 2.71. The Kier molecular flexibility index (Phi) is 8.76. The van der Waals surface area contributed by atoms with Gasteiger partial charge in [0.25, 0.3) is 5.91 Å². The van der Waals surface area contributed by atoms with Crippen LogP contribution >= 0.6 is 0 Å². The molecule has 31 heavy (non-hydrogen) atoms. The number of benzene rings is 2. The molecule has 2 rings (SSSR count). The van der Waals surface area contributed by atoms with Crippen molar-refractivity contribution in [3.63, 3.8) is 0 Å². The summed E-state index contributed by atoms with van der Waals surface area (Å²) in [6.45, 7) is 6.85. The summed E-state index contributed by atoms with van der Waals surface area (Å²) in [7, 11) is -3.88. The van der Waals surface area contributed by atoms with Gasteiger partial charge in [-0.15, -0.1) is 0 Å². The Hall–Kier alpha value is -2.71. The molecule has 2 aromatic rings. The number of sulfonamides is 1. The maximum atomic E-state index is 12.4. The van der Waals surface area contributed by atoms with Gasteiger partial charge in [-0.25, -0.2) is 8.42 Å². The van der Waals surface area contributed by atoms with E-state index in [-0.39, 0.29) is 10.9 Å². The van der Waals surface area contributed by atoms with Crippen molar-refractivity contribution in [2.24, 2.45) is 5.92 Å². The molecule has 8 heteroatoms. The maximum Gasteiger partial charge on any atom is 0.324 e. The highest BCUT2D eigenvalue weighted by molar-refractivity contribution is 7.89. The van der Waals surface area contributed by atoms with Crippen molar-refractivity contribution < 1.29 is 22.7 Å². The summed E-state index contributed by atoms with van der Waals surface area (Å²) in [4.78, 5) is 24.6. The van der Waals surface area contributed by atoms with E-state index in [0.29, 0.717) is 5.92 Å². The van der Waals surface area contributed by atoms with Crippen molar-refractivity contribution >= 4 is 21.9 Å². The fourth-order valence-corrected chi connectivity index (χ4v) is 4.19. The van der Waals surface area contributed by atoms with E-state index in [1.807, 2.05) is 37.3 Å². The predicted molar refractivity (Wildman–Crippen MR) is 119 cm³/mol. The fraction of sp³-hybridized carbons (Fsp3) is 0.391. The molecular weight excluding hydrogens is 416 g/mol. The number of carbonyl (C=O) groups is 2. The molecule has 0 unspecified atom stereocenters. The van der Waals surface area contributed by atoms with Crippen molar-refractivity contribution in [2.75, 3.05) is 6.61 Å². The summed E-state index contributed by atoms with van der Waals surface area (Å²) in [5.74, 6) is -0.924. The van der Waals surface area contributed by atoms with Crippen molar-refractivity contribution in [1.29, 1.82) is 0 Å². The topological polar surface area (TPSA) is 102 Å². The number of rotatable bonds is 10. The lowest BCUT2D eigenvalue weighted by atomic mass is 9.97. The molecule has 2 aromatic carbocycles. The van der Waals surface area contributed by atoms with E-state index in [0.717, 1.165) is 17.5 Å². The van der Waals surface area contributed by atoms with Gasteiger partial charge in [-0.3, -0.25) is 9.59 Å². The van der Waals surface area contributed by atoms with Crippen LogP contribution in [-0.2, 0) is 24.3 Å². The predicted octanol–water partition coefficient (Wildman–Crippen LogP) is 3.11. The van der Waals surface area contributed by atoms with Crippen LogP contribution in [0.25, 0.3) is 0 Å². The van der Waals surface area contributed by atoms with Gasteiger partial charge in [0.1, 0.15) is 6.04 Å². The van der Waals surface area contributed by atoms with Gasteiger partial charge in [-0.2, -0.15) is 4.72 Å². The Bertz CT molecular complexity index is 973. The first-order chi connectivity index (χ1) is 14.6. The molecule has 0 aromatic heterocycles. The minimum absolute atomic E-state index is 0.0508. The van der Waals surface area contributed by atoms with Crippen LogP contribution in [0.1, 0.15) is 44.4 Å². The maximum absolute atomic E-state index is 12.4. The van der Waals surface area contributed by atoms with Crippen LogP contribution in [0.15, 0.2) is 59.5 Å². The second-order valence-electron chi connectivity index (χ2n) is 7.92. The molecule has 0 spiro atoms. The fourth-order valence-electron chi connectivity index (χ4n) is 3.00. The molecule has 7 nitrogen and oxygen atoms in total. The first-order valence-corrected chi connectivity index (χ1v) is 11.7. The smallest absolute Gasteiger partial charge is 0.324 e. The number of amides is 1. The van der Waals surface area contributed by atoms with Crippen LogP contribution in [-0.4, -0.2) is 32.9 Å². The number of hydrogen-bond donors (Lipinski definition) is 2. The van der Waals surface area contributed by atoms with Crippen LogP contribution < -0.4 is 10.0 Å². The van der Waals surface area contributed by atoms with Crippen molar-refractivity contribution in [3.8, 4) is 0 Å². The Balaban J connectivity index is 1.91. The molecule has 2 atom stereocenters. The first-order valence-electron chi connectivity index (χ1n) is 10.2. The van der Waals surface area contributed by atoms with Gasteiger partial charge in [0.15, 0.2) is 6.61 Å². The second kappa shape index (κ2) is 11.1. The van der Waals surface area contributed by atoms with Crippen LogP contribution in [0.2, 0.25) is 0 Å². The lowest BCUT2D eigenvalue weighted by molar-refractivity contribution is -0.150. The zero-order valence-electron chi connectivity index (χ0n) is 18.3. The SMILES string of the molecule is Cc1ccc(S(=O)(=O)N[C@@H](C)C(=O)OCC(=O)N[C@H](CC(C)C)c2ccccc2)cc1. The zero-order chi connectivity index (χ0) is 23.0. The van der Waals surface area contributed by atoms with E-state index in [1.54, 1.807) is 12.1 Å². The van der Waals surface area contributed by atoms with Crippen molar-refractivity contribution in [2.45, 2.75) is 51.1 Å². The molecule has 0 aliphatic rings. The van der Waals surface area contributed by atoms with Crippen molar-refractivity contribution in [3.05, 3.63) is 65.7 Å². The molecule has 0 aliphatic carbocycles. The van der Waals surface area contributed by atoms with Crippen LogP contribution in [0.4, 0.5) is 0 Å². The molecule has 0 bridgehead atoms. The minimum Gasteiger partial charge on any atom is -0.454 e. The third-order valence-electron chi connectivity index (χ3n) is 4.61. The van der Waals surface area contributed by atoms with Crippen molar-refractivity contribution in [1.82, 2.24) is 10.0 Å². The molecule has 0 aliphatic heterocycles. The van der Waals surface area contributed by atoms with Crippen LogP contribution in [0, 0.1) is 12.8 Å². The van der Waals surface area contributed by atoms with E-state index in [2.05, 4.69) is 23.9 Å². The highest BCUT2D eigenvalue weighted by Crippen LogP contribution is 2.21.